The molecule has 4 N–H and O–H groups in total. The molecule has 1 atom stereocenters. The first-order valence-corrected chi connectivity index (χ1v) is 10.7. The molecular weight excluding hydrogens is 411 g/mol. The Hall–Kier alpha value is -2.09. The van der Waals surface area contributed by atoms with E-state index in [1.54, 1.807) is 18.2 Å². The van der Waals surface area contributed by atoms with Gasteiger partial charge in [-0.15, -0.1) is 0 Å². The van der Waals surface area contributed by atoms with E-state index in [2.05, 4.69) is 25.1 Å². The van der Waals surface area contributed by atoms with Gasteiger partial charge in [-0.1, -0.05) is 41.8 Å². The van der Waals surface area contributed by atoms with Gasteiger partial charge < -0.3 is 10.6 Å². The fourth-order valence-corrected chi connectivity index (χ4v) is 5.31. The third-order valence-electron chi connectivity index (χ3n) is 6.67. The molecule has 1 unspecified atom stereocenters. The number of H-pyrrole nitrogens is 2. The number of rotatable bonds is 2. The third-order valence-corrected chi connectivity index (χ3v) is 7.49. The van der Waals surface area contributed by atoms with E-state index in [0.717, 1.165) is 32.4 Å². The van der Waals surface area contributed by atoms with Gasteiger partial charge in [0, 0.05) is 24.7 Å². The molecule has 2 fully saturated rings. The van der Waals surface area contributed by atoms with Crippen LogP contribution in [0.4, 0.5) is 5.95 Å². The van der Waals surface area contributed by atoms with E-state index < -0.39 is 0 Å². The third kappa shape index (κ3) is 3.03. The maximum atomic E-state index is 12.9. The second kappa shape index (κ2) is 7.00. The zero-order valence-corrected chi connectivity index (χ0v) is 17.4. The van der Waals surface area contributed by atoms with Gasteiger partial charge in [-0.25, -0.2) is 0 Å². The summed E-state index contributed by atoms with van der Waals surface area (Å²) in [5.74, 6) is 0.555. The first-order chi connectivity index (χ1) is 14.0. The molecule has 9 heteroatoms. The fourth-order valence-electron chi connectivity index (χ4n) is 4.91. The van der Waals surface area contributed by atoms with Crippen LogP contribution >= 0.6 is 23.2 Å². The Balaban J connectivity index is 1.48. The van der Waals surface area contributed by atoms with Crippen LogP contribution in [0.15, 0.2) is 23.0 Å². The summed E-state index contributed by atoms with van der Waals surface area (Å²) in [7, 11) is 0. The van der Waals surface area contributed by atoms with Gasteiger partial charge in [0.1, 0.15) is 5.39 Å². The minimum absolute atomic E-state index is 0.248. The van der Waals surface area contributed by atoms with Crippen molar-refractivity contribution in [2.24, 2.45) is 11.1 Å². The van der Waals surface area contributed by atoms with E-state index in [1.807, 2.05) is 0 Å². The SMILES string of the molecule is NC1CCCC12CCN(c1nc3n[nH]c(-c4cccc(Cl)c4Cl)c3c(=O)[nH]1)CC2. The van der Waals surface area contributed by atoms with Gasteiger partial charge in [-0.3, -0.25) is 14.9 Å². The smallest absolute Gasteiger partial charge is 0.264 e. The summed E-state index contributed by atoms with van der Waals surface area (Å²) in [5, 5.41) is 8.33. The van der Waals surface area contributed by atoms with E-state index in [4.69, 9.17) is 28.9 Å². The van der Waals surface area contributed by atoms with Crippen LogP contribution in [0.5, 0.6) is 0 Å². The number of benzene rings is 1. The highest BCUT2D eigenvalue weighted by Gasteiger charge is 2.43. The quantitative estimate of drug-likeness (QED) is 0.572. The van der Waals surface area contributed by atoms with Crippen molar-refractivity contribution in [3.05, 3.63) is 38.6 Å². The Labute approximate surface area is 177 Å². The van der Waals surface area contributed by atoms with Gasteiger partial charge in [0.15, 0.2) is 5.65 Å². The largest absolute Gasteiger partial charge is 0.342 e. The van der Waals surface area contributed by atoms with Gasteiger partial charge in [0.25, 0.3) is 5.56 Å². The number of aromatic amines is 2. The highest BCUT2D eigenvalue weighted by Crippen LogP contribution is 2.45. The molecule has 1 aromatic carbocycles. The number of aromatic nitrogens is 4. The number of nitrogens with one attached hydrogen (secondary N) is 2. The number of nitrogens with zero attached hydrogens (tertiary/aromatic N) is 3. The molecule has 2 aliphatic rings. The summed E-state index contributed by atoms with van der Waals surface area (Å²) in [6.07, 6.45) is 5.58. The molecule has 29 heavy (non-hydrogen) atoms. The molecule has 0 radical (unpaired) electrons. The molecule has 2 aromatic heterocycles. The van der Waals surface area contributed by atoms with Crippen LogP contribution in [0, 0.1) is 5.41 Å². The molecular formula is C20H22Cl2N6O. The average Bonchev–Trinajstić information content (AvgIpc) is 3.29. The lowest BCUT2D eigenvalue weighted by atomic mass is 9.74. The zero-order chi connectivity index (χ0) is 20.2. The second-order valence-electron chi connectivity index (χ2n) is 8.14. The van der Waals surface area contributed by atoms with Crippen molar-refractivity contribution < 1.29 is 0 Å². The molecule has 152 valence electrons. The van der Waals surface area contributed by atoms with Crippen LogP contribution in [-0.2, 0) is 0 Å². The molecule has 1 aliphatic heterocycles. The van der Waals surface area contributed by atoms with E-state index >= 15 is 0 Å². The number of nitrogens with two attached hydrogens (primary N) is 1. The van der Waals surface area contributed by atoms with Crippen molar-refractivity contribution in [3.63, 3.8) is 0 Å². The zero-order valence-electron chi connectivity index (χ0n) is 15.8. The predicted molar refractivity (Wildman–Crippen MR) is 116 cm³/mol. The normalized spacial score (nSPS) is 21.3. The molecule has 1 spiro atoms. The maximum Gasteiger partial charge on any atom is 0.264 e. The van der Waals surface area contributed by atoms with Crippen molar-refractivity contribution >= 4 is 40.2 Å². The summed E-state index contributed by atoms with van der Waals surface area (Å²) in [6.45, 7) is 1.67. The first kappa shape index (κ1) is 18.9. The Morgan fingerprint density at radius 2 is 2.00 bits per heavy atom. The van der Waals surface area contributed by atoms with Crippen LogP contribution in [0.1, 0.15) is 32.1 Å². The number of anilines is 1. The lowest BCUT2D eigenvalue weighted by Crippen LogP contribution is -2.47. The molecule has 0 amide bonds. The van der Waals surface area contributed by atoms with Crippen molar-refractivity contribution in [1.82, 2.24) is 20.2 Å². The van der Waals surface area contributed by atoms with Crippen LogP contribution in [0.25, 0.3) is 22.3 Å². The van der Waals surface area contributed by atoms with Crippen molar-refractivity contribution in [2.45, 2.75) is 38.1 Å². The maximum absolute atomic E-state index is 12.9. The van der Waals surface area contributed by atoms with E-state index in [-0.39, 0.29) is 17.0 Å². The highest BCUT2D eigenvalue weighted by atomic mass is 35.5. The van der Waals surface area contributed by atoms with Crippen LogP contribution < -0.4 is 16.2 Å². The van der Waals surface area contributed by atoms with E-state index in [1.165, 1.54) is 12.8 Å². The van der Waals surface area contributed by atoms with E-state index in [9.17, 15) is 4.79 Å². The molecule has 0 bridgehead atoms. The number of hydrogen-bond donors (Lipinski definition) is 3. The van der Waals surface area contributed by atoms with Crippen molar-refractivity contribution in [1.29, 1.82) is 0 Å². The summed E-state index contributed by atoms with van der Waals surface area (Å²) in [5.41, 5.74) is 7.89. The van der Waals surface area contributed by atoms with Crippen LogP contribution in [0.3, 0.4) is 0 Å². The summed E-state index contributed by atoms with van der Waals surface area (Å²) in [6, 6.07) is 5.56. The average molecular weight is 433 g/mol. The Morgan fingerprint density at radius 1 is 1.21 bits per heavy atom. The Bertz CT molecular complexity index is 1130. The van der Waals surface area contributed by atoms with Gasteiger partial charge in [-0.05, 0) is 37.2 Å². The summed E-state index contributed by atoms with van der Waals surface area (Å²) >= 11 is 12.5. The molecule has 1 saturated carbocycles. The number of hydrogen-bond acceptors (Lipinski definition) is 5. The molecule has 1 aliphatic carbocycles. The topological polar surface area (TPSA) is 104 Å². The number of fused-ring (bicyclic) bond motifs is 1. The molecule has 3 heterocycles. The van der Waals surface area contributed by atoms with Crippen molar-refractivity contribution in [2.75, 3.05) is 18.0 Å². The number of piperidine rings is 1. The molecule has 5 rings (SSSR count). The van der Waals surface area contributed by atoms with Gasteiger partial charge in [0.05, 0.1) is 15.7 Å². The summed E-state index contributed by atoms with van der Waals surface area (Å²) < 4.78 is 0. The standard InChI is InChI=1S/C20H22Cl2N6O/c21-12-4-1-3-11(15(12)22)16-14-17(27-26-16)24-19(25-18(14)29)28-9-7-20(8-10-28)6-2-5-13(20)23/h1,3-4,13H,2,5-10,23H2,(H2,24,25,26,27,29). The molecule has 3 aromatic rings. The Kier molecular flexibility index (Phi) is 4.57. The van der Waals surface area contributed by atoms with Gasteiger partial charge in [-0.2, -0.15) is 10.1 Å². The highest BCUT2D eigenvalue weighted by molar-refractivity contribution is 6.43. The van der Waals surface area contributed by atoms with Gasteiger partial charge >= 0.3 is 0 Å². The lowest BCUT2D eigenvalue weighted by molar-refractivity contribution is 0.197. The number of halogens is 2. The van der Waals surface area contributed by atoms with Gasteiger partial charge in [0.2, 0.25) is 5.95 Å². The monoisotopic (exact) mass is 432 g/mol. The molecule has 7 nitrogen and oxygen atoms in total. The Morgan fingerprint density at radius 3 is 2.72 bits per heavy atom. The minimum atomic E-state index is -0.248. The summed E-state index contributed by atoms with van der Waals surface area (Å²) in [4.78, 5) is 22.6. The van der Waals surface area contributed by atoms with E-state index in [0.29, 0.717) is 38.3 Å². The first-order valence-electron chi connectivity index (χ1n) is 9.92. The van der Waals surface area contributed by atoms with Crippen LogP contribution in [0.2, 0.25) is 10.0 Å². The lowest BCUT2D eigenvalue weighted by Gasteiger charge is -2.42. The minimum Gasteiger partial charge on any atom is -0.342 e. The van der Waals surface area contributed by atoms with Crippen LogP contribution in [-0.4, -0.2) is 39.3 Å². The predicted octanol–water partition coefficient (Wildman–Crippen LogP) is 3.72. The fraction of sp³-hybridized carbons (Fsp3) is 0.450. The van der Waals surface area contributed by atoms with Crippen molar-refractivity contribution in [3.8, 4) is 11.3 Å². The molecule has 1 saturated heterocycles. The second-order valence-corrected chi connectivity index (χ2v) is 8.92.